The topological polar surface area (TPSA) is 0 Å². The summed E-state index contributed by atoms with van der Waals surface area (Å²) in [6.07, 6.45) is 23.8. The van der Waals surface area contributed by atoms with E-state index in [0.29, 0.717) is 0 Å². The Labute approximate surface area is 202 Å². The van der Waals surface area contributed by atoms with E-state index in [2.05, 4.69) is 67.5 Å². The number of hydrogen-bond donors (Lipinski definition) is 0. The monoisotopic (exact) mass is 440 g/mol. The maximum Gasteiger partial charge on any atom is -0.0317 e. The summed E-state index contributed by atoms with van der Waals surface area (Å²) in [5.74, 6) is 1.83. The van der Waals surface area contributed by atoms with Crippen molar-refractivity contribution in [2.24, 2.45) is 11.8 Å². The Balaban J connectivity index is 0.000000214. The SMILES string of the molecule is CC1=C(C)CCC1.CC1=C(C)CCCC1.CC1=C(C)CCCCC1.CC1CC=CCC1C. The molecule has 4 aliphatic carbocycles. The summed E-state index contributed by atoms with van der Waals surface area (Å²) in [6.45, 7) is 18.2. The van der Waals surface area contributed by atoms with Gasteiger partial charge in [0.15, 0.2) is 0 Å². The second-order valence-electron chi connectivity index (χ2n) is 11.2. The largest absolute Gasteiger partial charge is 0.0883 e. The first-order chi connectivity index (χ1) is 15.2. The van der Waals surface area contributed by atoms with Gasteiger partial charge in [-0.3, -0.25) is 0 Å². The molecular formula is C32H56. The van der Waals surface area contributed by atoms with Gasteiger partial charge in [0.2, 0.25) is 0 Å². The molecule has 2 unspecified atom stereocenters. The predicted molar refractivity (Wildman–Crippen MR) is 147 cm³/mol. The summed E-state index contributed by atoms with van der Waals surface area (Å²) < 4.78 is 0. The molecule has 0 fully saturated rings. The normalized spacial score (nSPS) is 25.8. The van der Waals surface area contributed by atoms with Gasteiger partial charge in [0, 0.05) is 0 Å². The minimum Gasteiger partial charge on any atom is -0.0883 e. The number of allylic oxidation sites excluding steroid dienone is 8. The predicted octanol–water partition coefficient (Wildman–Crippen LogP) is 11.3. The second kappa shape index (κ2) is 16.6. The molecule has 4 rings (SSSR count). The van der Waals surface area contributed by atoms with Crippen LogP contribution in [0.5, 0.6) is 0 Å². The third-order valence-corrected chi connectivity index (χ3v) is 8.40. The summed E-state index contributed by atoms with van der Waals surface area (Å²) in [5.41, 5.74) is 9.81. The number of hydrogen-bond acceptors (Lipinski definition) is 0. The minimum atomic E-state index is 0.917. The molecule has 0 heteroatoms. The van der Waals surface area contributed by atoms with Crippen LogP contribution in [-0.4, -0.2) is 0 Å². The maximum absolute atomic E-state index is 2.33. The molecule has 2 atom stereocenters. The van der Waals surface area contributed by atoms with Crippen LogP contribution < -0.4 is 0 Å². The summed E-state index contributed by atoms with van der Waals surface area (Å²) in [7, 11) is 0. The third kappa shape index (κ3) is 12.3. The molecule has 0 aliphatic heterocycles. The van der Waals surface area contributed by atoms with E-state index in [9.17, 15) is 0 Å². The lowest BCUT2D eigenvalue weighted by atomic mass is 9.86. The average Bonchev–Trinajstić information content (AvgIpc) is 3.04. The molecule has 0 saturated carbocycles. The Hall–Kier alpha value is -1.04. The molecular weight excluding hydrogens is 384 g/mol. The molecule has 0 amide bonds. The average molecular weight is 441 g/mol. The van der Waals surface area contributed by atoms with Crippen LogP contribution in [0.15, 0.2) is 45.6 Å². The van der Waals surface area contributed by atoms with E-state index in [1.165, 1.54) is 89.9 Å². The zero-order valence-electron chi connectivity index (χ0n) is 23.2. The highest BCUT2D eigenvalue weighted by molar-refractivity contribution is 5.14. The van der Waals surface area contributed by atoms with Crippen molar-refractivity contribution in [2.45, 2.75) is 145 Å². The van der Waals surface area contributed by atoms with E-state index in [4.69, 9.17) is 0 Å². The highest BCUT2D eigenvalue weighted by Crippen LogP contribution is 2.25. The Morgan fingerprint density at radius 3 is 0.906 bits per heavy atom. The summed E-state index contributed by atoms with van der Waals surface area (Å²) in [6, 6.07) is 0. The van der Waals surface area contributed by atoms with E-state index >= 15 is 0 Å². The first-order valence-electron chi connectivity index (χ1n) is 13.8. The minimum absolute atomic E-state index is 0.917. The van der Waals surface area contributed by atoms with Gasteiger partial charge >= 0.3 is 0 Å². The van der Waals surface area contributed by atoms with Crippen molar-refractivity contribution in [2.75, 3.05) is 0 Å². The maximum atomic E-state index is 2.33. The summed E-state index contributed by atoms with van der Waals surface area (Å²) in [4.78, 5) is 0. The molecule has 184 valence electrons. The molecule has 0 saturated heterocycles. The van der Waals surface area contributed by atoms with Crippen molar-refractivity contribution in [1.82, 2.24) is 0 Å². The highest BCUT2D eigenvalue weighted by atomic mass is 14.2. The quantitative estimate of drug-likeness (QED) is 0.328. The second-order valence-corrected chi connectivity index (χ2v) is 11.2. The van der Waals surface area contributed by atoms with Gasteiger partial charge in [0.25, 0.3) is 0 Å². The zero-order valence-corrected chi connectivity index (χ0v) is 23.2. The molecule has 0 nitrogen and oxygen atoms in total. The molecule has 0 aromatic carbocycles. The van der Waals surface area contributed by atoms with Crippen LogP contribution in [0.3, 0.4) is 0 Å². The lowest BCUT2D eigenvalue weighted by Crippen LogP contribution is -2.08. The smallest absolute Gasteiger partial charge is 0.0317 e. The molecule has 32 heavy (non-hydrogen) atoms. The van der Waals surface area contributed by atoms with E-state index in [1.807, 2.05) is 0 Å². The molecule has 0 radical (unpaired) electrons. The van der Waals surface area contributed by atoms with Gasteiger partial charge in [-0.05, 0) is 137 Å². The van der Waals surface area contributed by atoms with E-state index in [-0.39, 0.29) is 0 Å². The van der Waals surface area contributed by atoms with Gasteiger partial charge < -0.3 is 0 Å². The van der Waals surface area contributed by atoms with Gasteiger partial charge in [0.05, 0.1) is 0 Å². The number of rotatable bonds is 0. The van der Waals surface area contributed by atoms with Gasteiger partial charge in [-0.1, -0.05) is 65.9 Å². The molecule has 0 bridgehead atoms. The van der Waals surface area contributed by atoms with Gasteiger partial charge in [-0.2, -0.15) is 0 Å². The third-order valence-electron chi connectivity index (χ3n) is 8.40. The Morgan fingerprint density at radius 1 is 0.406 bits per heavy atom. The van der Waals surface area contributed by atoms with E-state index < -0.39 is 0 Å². The fourth-order valence-corrected chi connectivity index (χ4v) is 4.72. The van der Waals surface area contributed by atoms with Crippen LogP contribution in [0, 0.1) is 11.8 Å². The zero-order chi connectivity index (χ0) is 23.9. The molecule has 0 aromatic rings. The van der Waals surface area contributed by atoms with Crippen molar-refractivity contribution in [3.8, 4) is 0 Å². The van der Waals surface area contributed by atoms with Crippen molar-refractivity contribution in [1.29, 1.82) is 0 Å². The summed E-state index contributed by atoms with van der Waals surface area (Å²) in [5, 5.41) is 0. The van der Waals surface area contributed by atoms with Crippen molar-refractivity contribution < 1.29 is 0 Å². The van der Waals surface area contributed by atoms with Crippen LogP contribution in [0.25, 0.3) is 0 Å². The van der Waals surface area contributed by atoms with Crippen LogP contribution >= 0.6 is 0 Å². The van der Waals surface area contributed by atoms with Crippen molar-refractivity contribution >= 4 is 0 Å². The van der Waals surface area contributed by atoms with Crippen LogP contribution in [0.1, 0.15) is 145 Å². The molecule has 4 aliphatic rings. The van der Waals surface area contributed by atoms with E-state index in [1.54, 1.807) is 33.4 Å². The van der Waals surface area contributed by atoms with Crippen LogP contribution in [0.2, 0.25) is 0 Å². The van der Waals surface area contributed by atoms with Crippen molar-refractivity contribution in [3.05, 3.63) is 45.6 Å². The van der Waals surface area contributed by atoms with Crippen molar-refractivity contribution in [3.63, 3.8) is 0 Å². The van der Waals surface area contributed by atoms with Crippen LogP contribution in [0.4, 0.5) is 0 Å². The lowest BCUT2D eigenvalue weighted by molar-refractivity contribution is 0.380. The summed E-state index contributed by atoms with van der Waals surface area (Å²) >= 11 is 0. The van der Waals surface area contributed by atoms with E-state index in [0.717, 1.165) is 11.8 Å². The Kier molecular flexibility index (Phi) is 15.0. The standard InChI is InChI=1S/C9H16.2C8H14.C7H12/c1-8-6-4-3-5-7-9(8)2;2*1-7-5-3-4-6-8(7)2;1-6-4-3-5-7(6)2/h3-7H2,1-2H3;3-6H2,1-2H3;3-4,7-8H,5-6H2,1-2H3;3-5H2,1-2H3. The first-order valence-corrected chi connectivity index (χ1v) is 13.8. The van der Waals surface area contributed by atoms with Crippen LogP contribution in [-0.2, 0) is 0 Å². The van der Waals surface area contributed by atoms with Gasteiger partial charge in [0.1, 0.15) is 0 Å². The van der Waals surface area contributed by atoms with Gasteiger partial charge in [-0.15, -0.1) is 0 Å². The first kappa shape index (κ1) is 29.0. The fourth-order valence-electron chi connectivity index (χ4n) is 4.72. The highest BCUT2D eigenvalue weighted by Gasteiger charge is 2.11. The lowest BCUT2D eigenvalue weighted by Gasteiger charge is -2.19. The molecule has 0 N–H and O–H groups in total. The Morgan fingerprint density at radius 2 is 0.656 bits per heavy atom. The molecule has 0 heterocycles. The fraction of sp³-hybridized carbons (Fsp3) is 0.750. The molecule has 0 spiro atoms. The molecule has 0 aromatic heterocycles. The van der Waals surface area contributed by atoms with Gasteiger partial charge in [-0.25, -0.2) is 0 Å². The Bertz CT molecular complexity index is 600.